The summed E-state index contributed by atoms with van der Waals surface area (Å²) in [5, 5.41) is 12.9. The van der Waals surface area contributed by atoms with Gasteiger partial charge in [-0.15, -0.1) is 11.3 Å². The third-order valence-corrected chi connectivity index (χ3v) is 4.40. The normalized spacial score (nSPS) is 19.2. The zero-order valence-corrected chi connectivity index (χ0v) is 13.0. The molecule has 118 valence electrons. The summed E-state index contributed by atoms with van der Waals surface area (Å²) >= 11 is 1.38. The number of carbonyl (C=O) groups is 1. The lowest BCUT2D eigenvalue weighted by Gasteiger charge is -2.19. The Hall–Kier alpha value is -2.00. The van der Waals surface area contributed by atoms with Gasteiger partial charge < -0.3 is 10.1 Å². The van der Waals surface area contributed by atoms with Crippen molar-refractivity contribution in [2.24, 2.45) is 0 Å². The minimum Gasteiger partial charge on any atom is -0.376 e. The fourth-order valence-corrected chi connectivity index (χ4v) is 3.10. The van der Waals surface area contributed by atoms with Crippen LogP contribution >= 0.6 is 11.3 Å². The number of tetrazole rings is 1. The first-order valence-electron chi connectivity index (χ1n) is 7.13. The van der Waals surface area contributed by atoms with Crippen LogP contribution in [0.3, 0.4) is 0 Å². The molecule has 0 unspecified atom stereocenters. The van der Waals surface area contributed by atoms with Crippen LogP contribution in [-0.2, 0) is 16.1 Å². The summed E-state index contributed by atoms with van der Waals surface area (Å²) < 4.78 is 7.76. The van der Waals surface area contributed by atoms with E-state index in [-0.39, 0.29) is 24.6 Å². The standard InChI is InChI=1S/C13H17N5O3S/c1-9(10-4-2-6-21-10)14-11(19)8-17-13(20)18(16-15-17)12-5-3-7-22-12/h3,5,7,9-10H,2,4,6,8H2,1H3,(H,14,19)/t9-,10+/m1/s1. The Bertz CT molecular complexity index is 687. The molecule has 9 heteroatoms. The Morgan fingerprint density at radius 3 is 3.14 bits per heavy atom. The Morgan fingerprint density at radius 1 is 1.59 bits per heavy atom. The molecule has 3 heterocycles. The summed E-state index contributed by atoms with van der Waals surface area (Å²) in [6.07, 6.45) is 2.00. The van der Waals surface area contributed by atoms with Crippen molar-refractivity contribution >= 4 is 17.2 Å². The molecule has 0 bridgehead atoms. The third kappa shape index (κ3) is 3.09. The summed E-state index contributed by atoms with van der Waals surface area (Å²) in [7, 11) is 0. The highest BCUT2D eigenvalue weighted by molar-refractivity contribution is 7.12. The van der Waals surface area contributed by atoms with Crippen molar-refractivity contribution in [1.82, 2.24) is 25.1 Å². The molecule has 2 aromatic heterocycles. The average molecular weight is 323 g/mol. The SMILES string of the molecule is C[C@@H](NC(=O)Cn1nnn(-c2cccs2)c1=O)[C@@H]1CCCO1. The lowest BCUT2D eigenvalue weighted by molar-refractivity contribution is -0.123. The Morgan fingerprint density at radius 2 is 2.45 bits per heavy atom. The van der Waals surface area contributed by atoms with E-state index in [1.165, 1.54) is 16.0 Å². The maximum Gasteiger partial charge on any atom is 0.369 e. The molecule has 1 N–H and O–H groups in total. The summed E-state index contributed by atoms with van der Waals surface area (Å²) in [6.45, 7) is 2.49. The molecule has 0 radical (unpaired) electrons. The fraction of sp³-hybridized carbons (Fsp3) is 0.538. The molecule has 0 aliphatic carbocycles. The highest BCUT2D eigenvalue weighted by Gasteiger charge is 2.24. The van der Waals surface area contributed by atoms with E-state index < -0.39 is 5.69 Å². The van der Waals surface area contributed by atoms with Gasteiger partial charge in [-0.1, -0.05) is 0 Å². The van der Waals surface area contributed by atoms with Crippen molar-refractivity contribution in [2.45, 2.75) is 38.5 Å². The second-order valence-corrected chi connectivity index (χ2v) is 6.12. The minimum absolute atomic E-state index is 0.0440. The van der Waals surface area contributed by atoms with Crippen LogP contribution < -0.4 is 11.0 Å². The molecule has 2 aromatic rings. The molecule has 1 aliphatic rings. The van der Waals surface area contributed by atoms with Crippen molar-refractivity contribution in [2.75, 3.05) is 6.61 Å². The Kier molecular flexibility index (Phi) is 4.34. The maximum atomic E-state index is 12.1. The second kappa shape index (κ2) is 6.41. The van der Waals surface area contributed by atoms with Crippen LogP contribution in [0, 0.1) is 0 Å². The van der Waals surface area contributed by atoms with Gasteiger partial charge in [0.2, 0.25) is 5.91 Å². The summed E-state index contributed by atoms with van der Waals surface area (Å²) in [5.41, 5.74) is -0.428. The summed E-state index contributed by atoms with van der Waals surface area (Å²) in [4.78, 5) is 24.2. The van der Waals surface area contributed by atoms with Crippen LogP contribution in [0.4, 0.5) is 0 Å². The van der Waals surface area contributed by atoms with Crippen LogP contribution in [0.2, 0.25) is 0 Å². The van der Waals surface area contributed by atoms with Gasteiger partial charge in [-0.3, -0.25) is 4.79 Å². The first-order chi connectivity index (χ1) is 10.6. The average Bonchev–Trinajstić information content (AvgIpc) is 3.21. The number of nitrogens with zero attached hydrogens (tertiary/aromatic N) is 4. The van der Waals surface area contributed by atoms with Gasteiger partial charge in [0.05, 0.1) is 12.1 Å². The Labute approximate surface area is 130 Å². The highest BCUT2D eigenvalue weighted by Crippen LogP contribution is 2.15. The van der Waals surface area contributed by atoms with Crippen LogP contribution in [0.5, 0.6) is 0 Å². The summed E-state index contributed by atoms with van der Waals surface area (Å²) in [5.74, 6) is -0.275. The smallest absolute Gasteiger partial charge is 0.369 e. The predicted octanol–water partition coefficient (Wildman–Crippen LogP) is 0.174. The molecule has 8 nitrogen and oxygen atoms in total. The first kappa shape index (κ1) is 14.9. The number of amides is 1. The second-order valence-electron chi connectivity index (χ2n) is 5.19. The van der Waals surface area contributed by atoms with E-state index in [0.29, 0.717) is 5.00 Å². The van der Waals surface area contributed by atoms with E-state index in [1.807, 2.05) is 18.4 Å². The predicted molar refractivity (Wildman–Crippen MR) is 80.1 cm³/mol. The maximum absolute atomic E-state index is 12.1. The van der Waals surface area contributed by atoms with E-state index in [9.17, 15) is 9.59 Å². The topological polar surface area (TPSA) is 91.0 Å². The fourth-order valence-electron chi connectivity index (χ4n) is 2.43. The van der Waals surface area contributed by atoms with Gasteiger partial charge in [0.1, 0.15) is 11.5 Å². The largest absolute Gasteiger partial charge is 0.376 e. The lowest BCUT2D eigenvalue weighted by atomic mass is 10.1. The van der Waals surface area contributed by atoms with Gasteiger partial charge >= 0.3 is 5.69 Å². The molecule has 1 aliphatic heterocycles. The molecule has 0 spiro atoms. The van der Waals surface area contributed by atoms with Crippen LogP contribution in [-0.4, -0.2) is 44.5 Å². The molecule has 3 rings (SSSR count). The Balaban J connectivity index is 1.63. The zero-order chi connectivity index (χ0) is 15.5. The molecule has 1 saturated heterocycles. The van der Waals surface area contributed by atoms with Gasteiger partial charge in [0.25, 0.3) is 0 Å². The monoisotopic (exact) mass is 323 g/mol. The number of thiophene rings is 1. The van der Waals surface area contributed by atoms with Gasteiger partial charge in [-0.05, 0) is 47.7 Å². The van der Waals surface area contributed by atoms with Crippen LogP contribution in [0.15, 0.2) is 22.3 Å². The third-order valence-electron chi connectivity index (χ3n) is 3.56. The van der Waals surface area contributed by atoms with Crippen LogP contribution in [0.1, 0.15) is 19.8 Å². The number of carbonyl (C=O) groups excluding carboxylic acids is 1. The van der Waals surface area contributed by atoms with E-state index in [1.54, 1.807) is 6.07 Å². The summed E-state index contributed by atoms with van der Waals surface area (Å²) in [6, 6.07) is 3.50. The van der Waals surface area contributed by atoms with Crippen molar-refractivity contribution in [3.63, 3.8) is 0 Å². The van der Waals surface area contributed by atoms with Crippen molar-refractivity contribution < 1.29 is 9.53 Å². The highest BCUT2D eigenvalue weighted by atomic mass is 32.1. The molecule has 22 heavy (non-hydrogen) atoms. The zero-order valence-electron chi connectivity index (χ0n) is 12.1. The van der Waals surface area contributed by atoms with Crippen molar-refractivity contribution in [3.05, 3.63) is 28.0 Å². The van der Waals surface area contributed by atoms with Crippen LogP contribution in [0.25, 0.3) is 5.00 Å². The van der Waals surface area contributed by atoms with Gasteiger partial charge in [-0.25, -0.2) is 4.79 Å². The van der Waals surface area contributed by atoms with E-state index in [4.69, 9.17) is 4.74 Å². The van der Waals surface area contributed by atoms with Gasteiger partial charge in [0.15, 0.2) is 0 Å². The number of ether oxygens (including phenoxy) is 1. The molecule has 1 fully saturated rings. The van der Waals surface area contributed by atoms with E-state index in [0.717, 1.165) is 24.1 Å². The number of nitrogens with one attached hydrogen (secondary N) is 1. The molecule has 1 amide bonds. The number of hydrogen-bond acceptors (Lipinski definition) is 6. The minimum atomic E-state index is -0.428. The lowest BCUT2D eigenvalue weighted by Crippen LogP contribution is -2.43. The van der Waals surface area contributed by atoms with Gasteiger partial charge in [0, 0.05) is 6.61 Å². The number of hydrogen-bond donors (Lipinski definition) is 1. The molecule has 2 atom stereocenters. The molecular weight excluding hydrogens is 306 g/mol. The van der Waals surface area contributed by atoms with E-state index in [2.05, 4.69) is 15.7 Å². The van der Waals surface area contributed by atoms with E-state index >= 15 is 0 Å². The van der Waals surface area contributed by atoms with Crippen molar-refractivity contribution in [3.8, 4) is 5.00 Å². The molecular formula is C13H17N5O3S. The number of aromatic nitrogens is 4. The molecule has 0 aromatic carbocycles. The molecule has 0 saturated carbocycles. The van der Waals surface area contributed by atoms with Crippen molar-refractivity contribution in [1.29, 1.82) is 0 Å². The number of rotatable bonds is 5. The van der Waals surface area contributed by atoms with Gasteiger partial charge in [-0.2, -0.15) is 9.36 Å². The quantitative estimate of drug-likeness (QED) is 0.847. The first-order valence-corrected chi connectivity index (χ1v) is 8.01.